The molecule has 128 valence electrons. The molecule has 1 aromatic carbocycles. The van der Waals surface area contributed by atoms with Crippen molar-refractivity contribution in [1.82, 2.24) is 14.9 Å². The fraction of sp³-hybridized carbons (Fsp3) is 0.238. The quantitative estimate of drug-likeness (QED) is 0.623. The number of ether oxygens (including phenoxy) is 1. The molecule has 0 unspecified atom stereocenters. The van der Waals surface area contributed by atoms with Crippen LogP contribution in [0.3, 0.4) is 0 Å². The molecule has 0 amide bonds. The topological polar surface area (TPSA) is 38.2 Å². The van der Waals surface area contributed by atoms with E-state index in [2.05, 4.69) is 45.2 Å². The third-order valence-corrected chi connectivity index (χ3v) is 3.93. The Bertz CT molecular complexity index is 704. The van der Waals surface area contributed by atoms with E-state index in [-0.39, 0.29) is 0 Å². The van der Waals surface area contributed by atoms with Gasteiger partial charge in [-0.2, -0.15) is 0 Å². The number of pyridine rings is 2. The smallest absolute Gasteiger partial charge is 0.119 e. The van der Waals surface area contributed by atoms with Crippen molar-refractivity contribution in [1.29, 1.82) is 0 Å². The average molecular weight is 333 g/mol. The summed E-state index contributed by atoms with van der Waals surface area (Å²) < 4.78 is 5.53. The summed E-state index contributed by atoms with van der Waals surface area (Å²) in [6, 6.07) is 16.6. The molecule has 0 aliphatic carbocycles. The predicted octanol–water partition coefficient (Wildman–Crippen LogP) is 4.08. The van der Waals surface area contributed by atoms with Crippen LogP contribution in [-0.2, 0) is 19.6 Å². The van der Waals surface area contributed by atoms with Crippen LogP contribution in [0.2, 0.25) is 0 Å². The predicted molar refractivity (Wildman–Crippen MR) is 99.0 cm³/mol. The maximum Gasteiger partial charge on any atom is 0.119 e. The lowest BCUT2D eigenvalue weighted by atomic mass is 10.1. The van der Waals surface area contributed by atoms with Crippen molar-refractivity contribution in [2.45, 2.75) is 26.6 Å². The number of rotatable bonds is 8. The molecule has 0 radical (unpaired) electrons. The third-order valence-electron chi connectivity index (χ3n) is 3.93. The van der Waals surface area contributed by atoms with Gasteiger partial charge in [-0.3, -0.25) is 14.9 Å². The van der Waals surface area contributed by atoms with E-state index < -0.39 is 0 Å². The highest BCUT2D eigenvalue weighted by Gasteiger charge is 2.09. The lowest BCUT2D eigenvalue weighted by molar-refractivity contribution is 0.247. The Kier molecular flexibility index (Phi) is 6.12. The van der Waals surface area contributed by atoms with E-state index >= 15 is 0 Å². The molecule has 0 fully saturated rings. The maximum atomic E-state index is 5.53. The first-order chi connectivity index (χ1) is 12.3. The first kappa shape index (κ1) is 17.1. The van der Waals surface area contributed by atoms with Gasteiger partial charge in [-0.1, -0.05) is 18.2 Å². The summed E-state index contributed by atoms with van der Waals surface area (Å²) in [6.45, 7) is 5.27. The summed E-state index contributed by atoms with van der Waals surface area (Å²) in [7, 11) is 0. The zero-order valence-electron chi connectivity index (χ0n) is 14.5. The van der Waals surface area contributed by atoms with E-state index in [1.165, 1.54) is 16.7 Å². The van der Waals surface area contributed by atoms with Crippen LogP contribution in [0.4, 0.5) is 0 Å². The van der Waals surface area contributed by atoms with E-state index in [4.69, 9.17) is 4.74 Å². The highest BCUT2D eigenvalue weighted by atomic mass is 16.5. The highest BCUT2D eigenvalue weighted by Crippen LogP contribution is 2.17. The second kappa shape index (κ2) is 8.94. The van der Waals surface area contributed by atoms with Crippen LogP contribution in [0, 0.1) is 0 Å². The van der Waals surface area contributed by atoms with Crippen LogP contribution >= 0.6 is 0 Å². The molecule has 0 aliphatic heterocycles. The Hall–Kier alpha value is -2.72. The summed E-state index contributed by atoms with van der Waals surface area (Å²) in [4.78, 5) is 10.7. The maximum absolute atomic E-state index is 5.53. The lowest BCUT2D eigenvalue weighted by Crippen LogP contribution is -2.22. The first-order valence-electron chi connectivity index (χ1n) is 8.55. The minimum Gasteiger partial charge on any atom is -0.494 e. The van der Waals surface area contributed by atoms with Gasteiger partial charge >= 0.3 is 0 Å². The van der Waals surface area contributed by atoms with Crippen molar-refractivity contribution in [2.24, 2.45) is 0 Å². The normalized spacial score (nSPS) is 10.8. The molecule has 0 atom stereocenters. The van der Waals surface area contributed by atoms with E-state index in [1.54, 1.807) is 0 Å². The molecule has 0 N–H and O–H groups in total. The molecular weight excluding hydrogens is 310 g/mol. The van der Waals surface area contributed by atoms with E-state index in [0.717, 1.165) is 25.4 Å². The first-order valence-corrected chi connectivity index (χ1v) is 8.55. The molecular formula is C21H23N3O. The standard InChI is InChI=1S/C21H23N3O/c1-2-25-21-7-5-18(6-8-21)15-24(16-19-9-12-22-13-10-19)17-20-4-3-11-23-14-20/h3-14H,2,15-17H2,1H3. The minimum atomic E-state index is 0.689. The van der Waals surface area contributed by atoms with Crippen LogP contribution in [0.1, 0.15) is 23.6 Å². The molecule has 0 saturated carbocycles. The van der Waals surface area contributed by atoms with Gasteiger partial charge in [0.05, 0.1) is 6.61 Å². The second-order valence-corrected chi connectivity index (χ2v) is 5.94. The van der Waals surface area contributed by atoms with Gasteiger partial charge in [-0.25, -0.2) is 0 Å². The zero-order chi connectivity index (χ0) is 17.3. The lowest BCUT2D eigenvalue weighted by Gasteiger charge is -2.22. The van der Waals surface area contributed by atoms with Crippen molar-refractivity contribution < 1.29 is 4.74 Å². The number of benzene rings is 1. The van der Waals surface area contributed by atoms with Crippen LogP contribution in [0.25, 0.3) is 0 Å². The van der Waals surface area contributed by atoms with Crippen LogP contribution in [0.15, 0.2) is 73.3 Å². The van der Waals surface area contributed by atoms with Crippen molar-refractivity contribution in [3.05, 3.63) is 90.0 Å². The summed E-state index contributed by atoms with van der Waals surface area (Å²) in [5, 5.41) is 0. The SMILES string of the molecule is CCOc1ccc(CN(Cc2ccncc2)Cc2cccnc2)cc1. The van der Waals surface area contributed by atoms with Gasteiger partial charge in [0.1, 0.15) is 5.75 Å². The molecule has 3 rings (SSSR count). The summed E-state index contributed by atoms with van der Waals surface area (Å²) >= 11 is 0. The van der Waals surface area contributed by atoms with Gasteiger partial charge in [-0.05, 0) is 53.9 Å². The van der Waals surface area contributed by atoms with Crippen molar-refractivity contribution in [3.63, 3.8) is 0 Å². The zero-order valence-corrected chi connectivity index (χ0v) is 14.5. The molecule has 4 nitrogen and oxygen atoms in total. The molecule has 0 aliphatic rings. The van der Waals surface area contributed by atoms with Gasteiger partial charge in [0.25, 0.3) is 0 Å². The average Bonchev–Trinajstić information content (AvgIpc) is 2.65. The molecule has 0 saturated heterocycles. The van der Waals surface area contributed by atoms with Gasteiger partial charge in [0.2, 0.25) is 0 Å². The Balaban J connectivity index is 1.73. The van der Waals surface area contributed by atoms with Crippen LogP contribution in [0.5, 0.6) is 5.75 Å². The molecule has 2 aromatic heterocycles. The largest absolute Gasteiger partial charge is 0.494 e. The molecule has 25 heavy (non-hydrogen) atoms. The van der Waals surface area contributed by atoms with Gasteiger partial charge in [0, 0.05) is 44.4 Å². The molecule has 2 heterocycles. The fourth-order valence-corrected chi connectivity index (χ4v) is 2.78. The number of hydrogen-bond donors (Lipinski definition) is 0. The summed E-state index contributed by atoms with van der Waals surface area (Å²) in [5.41, 5.74) is 3.73. The second-order valence-electron chi connectivity index (χ2n) is 5.94. The molecule has 4 heteroatoms. The number of aromatic nitrogens is 2. The van der Waals surface area contributed by atoms with Gasteiger partial charge < -0.3 is 4.74 Å². The van der Waals surface area contributed by atoms with E-state index in [0.29, 0.717) is 6.61 Å². The Morgan fingerprint density at radius 2 is 1.44 bits per heavy atom. The van der Waals surface area contributed by atoms with Crippen molar-refractivity contribution in [2.75, 3.05) is 6.61 Å². The van der Waals surface area contributed by atoms with Crippen molar-refractivity contribution in [3.8, 4) is 5.75 Å². The third kappa shape index (κ3) is 5.40. The summed E-state index contributed by atoms with van der Waals surface area (Å²) in [5.74, 6) is 0.916. The Morgan fingerprint density at radius 1 is 0.760 bits per heavy atom. The molecule has 0 bridgehead atoms. The van der Waals surface area contributed by atoms with E-state index in [1.807, 2.05) is 49.9 Å². The van der Waals surface area contributed by atoms with Crippen LogP contribution < -0.4 is 4.74 Å². The fourth-order valence-electron chi connectivity index (χ4n) is 2.78. The number of nitrogens with zero attached hydrogens (tertiary/aromatic N) is 3. The minimum absolute atomic E-state index is 0.689. The van der Waals surface area contributed by atoms with Crippen LogP contribution in [-0.4, -0.2) is 21.5 Å². The van der Waals surface area contributed by atoms with E-state index in [9.17, 15) is 0 Å². The number of hydrogen-bond acceptors (Lipinski definition) is 4. The summed E-state index contributed by atoms with van der Waals surface area (Å²) in [6.07, 6.45) is 7.42. The Morgan fingerprint density at radius 3 is 2.08 bits per heavy atom. The van der Waals surface area contributed by atoms with Gasteiger partial charge in [0.15, 0.2) is 0 Å². The van der Waals surface area contributed by atoms with Gasteiger partial charge in [-0.15, -0.1) is 0 Å². The monoisotopic (exact) mass is 333 g/mol. The Labute approximate surface area is 149 Å². The van der Waals surface area contributed by atoms with Crippen molar-refractivity contribution >= 4 is 0 Å². The molecule has 0 spiro atoms. The molecule has 3 aromatic rings. The highest BCUT2D eigenvalue weighted by molar-refractivity contribution is 5.27.